The number of nitrogens with one attached hydrogen (secondary N) is 1. The summed E-state index contributed by atoms with van der Waals surface area (Å²) in [7, 11) is 0. The number of anilines is 1. The highest BCUT2D eigenvalue weighted by atomic mass is 16.5. The van der Waals surface area contributed by atoms with Crippen molar-refractivity contribution in [3.8, 4) is 5.69 Å². The number of hydrogen-bond donors (Lipinski definition) is 1. The normalized spacial score (nSPS) is 13.4. The summed E-state index contributed by atoms with van der Waals surface area (Å²) in [5.74, 6) is 0.267. The molecule has 0 saturated carbocycles. The topological polar surface area (TPSA) is 73.0 Å². The molecule has 6 heteroatoms. The highest BCUT2D eigenvalue weighted by Crippen LogP contribution is 2.28. The van der Waals surface area contributed by atoms with E-state index in [2.05, 4.69) is 52.1 Å². The number of carbonyl (C=O) groups excluding carboxylic acids is 1. The molecule has 0 fully saturated rings. The van der Waals surface area contributed by atoms with Crippen LogP contribution in [0.15, 0.2) is 47.2 Å². The van der Waals surface area contributed by atoms with Gasteiger partial charge in [0.2, 0.25) is 5.88 Å². The molecule has 0 radical (unpaired) electrons. The molecule has 29 heavy (non-hydrogen) atoms. The number of amides is 1. The molecule has 2 aromatic heterocycles. The minimum atomic E-state index is -0.211. The van der Waals surface area contributed by atoms with E-state index in [4.69, 9.17) is 4.52 Å². The number of rotatable bonds is 3. The molecule has 0 spiro atoms. The molecule has 146 valence electrons. The van der Waals surface area contributed by atoms with Crippen LogP contribution in [0.1, 0.15) is 45.6 Å². The first kappa shape index (κ1) is 17.7. The fraction of sp³-hybridized carbons (Fsp3) is 0.261. The molecule has 0 aliphatic heterocycles. The van der Waals surface area contributed by atoms with Gasteiger partial charge in [-0.25, -0.2) is 4.98 Å². The Morgan fingerprint density at radius 3 is 2.83 bits per heavy atom. The average Bonchev–Trinajstić information content (AvgIpc) is 3.32. The van der Waals surface area contributed by atoms with Crippen LogP contribution in [0.2, 0.25) is 0 Å². The van der Waals surface area contributed by atoms with Crippen molar-refractivity contribution >= 4 is 22.8 Å². The molecule has 1 amide bonds. The minimum Gasteiger partial charge on any atom is -0.338 e. The molecular formula is C23H22N4O2. The first-order valence-electron chi connectivity index (χ1n) is 9.93. The van der Waals surface area contributed by atoms with Crippen LogP contribution in [-0.2, 0) is 12.8 Å². The SMILES string of the molecule is Cc1ccc(-n2cnc3cc(C(=O)Nc4onc5c4CCCC5)ccc32)c(C)c1. The standard InChI is InChI=1S/C23H22N4O2/c1-14-7-9-20(15(2)11-14)27-13-24-19-12-16(8-10-21(19)27)22(28)25-23-17-5-3-4-6-18(17)26-29-23/h7-13H,3-6H2,1-2H3,(H,25,28). The van der Waals surface area contributed by atoms with E-state index in [1.807, 2.05) is 18.2 Å². The van der Waals surface area contributed by atoms with Crippen molar-refractivity contribution in [2.24, 2.45) is 0 Å². The molecule has 0 atom stereocenters. The van der Waals surface area contributed by atoms with Crippen molar-refractivity contribution < 1.29 is 9.32 Å². The van der Waals surface area contributed by atoms with Crippen LogP contribution in [0, 0.1) is 13.8 Å². The smallest absolute Gasteiger partial charge is 0.258 e. The first-order chi connectivity index (χ1) is 14.1. The van der Waals surface area contributed by atoms with Crippen molar-refractivity contribution in [3.63, 3.8) is 0 Å². The fourth-order valence-corrected chi connectivity index (χ4v) is 4.09. The quantitative estimate of drug-likeness (QED) is 0.551. The number of hydrogen-bond acceptors (Lipinski definition) is 4. The Bertz CT molecular complexity index is 1240. The van der Waals surface area contributed by atoms with E-state index in [-0.39, 0.29) is 5.91 Å². The monoisotopic (exact) mass is 386 g/mol. The van der Waals surface area contributed by atoms with E-state index in [1.165, 1.54) is 11.1 Å². The maximum absolute atomic E-state index is 12.8. The molecule has 5 rings (SSSR count). The zero-order valence-corrected chi connectivity index (χ0v) is 16.5. The maximum atomic E-state index is 12.8. The summed E-state index contributed by atoms with van der Waals surface area (Å²) in [5, 5.41) is 6.98. The highest BCUT2D eigenvalue weighted by molar-refractivity contribution is 6.05. The van der Waals surface area contributed by atoms with Gasteiger partial charge in [-0.1, -0.05) is 22.9 Å². The number of aryl methyl sites for hydroxylation is 3. The van der Waals surface area contributed by atoms with Gasteiger partial charge in [-0.15, -0.1) is 0 Å². The molecular weight excluding hydrogens is 364 g/mol. The lowest BCUT2D eigenvalue weighted by Crippen LogP contribution is -2.13. The van der Waals surface area contributed by atoms with Crippen molar-refractivity contribution in [2.75, 3.05) is 5.32 Å². The van der Waals surface area contributed by atoms with Gasteiger partial charge in [0.05, 0.1) is 22.4 Å². The molecule has 4 aromatic rings. The Kier molecular flexibility index (Phi) is 4.19. The molecule has 1 N–H and O–H groups in total. The predicted molar refractivity (Wildman–Crippen MR) is 112 cm³/mol. The summed E-state index contributed by atoms with van der Waals surface area (Å²) in [5.41, 5.74) is 7.78. The van der Waals surface area contributed by atoms with Gasteiger partial charge >= 0.3 is 0 Å². The summed E-state index contributed by atoms with van der Waals surface area (Å²) in [4.78, 5) is 17.3. The highest BCUT2D eigenvalue weighted by Gasteiger charge is 2.21. The second-order valence-corrected chi connectivity index (χ2v) is 7.71. The van der Waals surface area contributed by atoms with E-state index >= 15 is 0 Å². The summed E-state index contributed by atoms with van der Waals surface area (Å²) in [6, 6.07) is 11.9. The molecule has 6 nitrogen and oxygen atoms in total. The summed E-state index contributed by atoms with van der Waals surface area (Å²) >= 11 is 0. The Labute approximate surface area is 168 Å². The van der Waals surface area contributed by atoms with Gasteiger partial charge in [-0.2, -0.15) is 0 Å². The van der Waals surface area contributed by atoms with Gasteiger partial charge in [0.25, 0.3) is 5.91 Å². The van der Waals surface area contributed by atoms with Crippen LogP contribution < -0.4 is 5.32 Å². The lowest BCUT2D eigenvalue weighted by molar-refractivity contribution is 0.102. The third-order valence-corrected chi connectivity index (χ3v) is 5.61. The van der Waals surface area contributed by atoms with Gasteiger partial charge in [-0.05, 0) is 69.4 Å². The number of fused-ring (bicyclic) bond motifs is 2. The average molecular weight is 386 g/mol. The van der Waals surface area contributed by atoms with E-state index < -0.39 is 0 Å². The predicted octanol–water partition coefficient (Wildman–Crippen LogP) is 4.76. The number of carbonyl (C=O) groups is 1. The zero-order chi connectivity index (χ0) is 20.0. The third-order valence-electron chi connectivity index (χ3n) is 5.61. The molecule has 1 aliphatic carbocycles. The van der Waals surface area contributed by atoms with E-state index in [1.54, 1.807) is 6.33 Å². The Balaban J connectivity index is 1.45. The van der Waals surface area contributed by atoms with Gasteiger partial charge in [0.15, 0.2) is 0 Å². The second kappa shape index (κ2) is 6.88. The molecule has 2 aromatic carbocycles. The Hall–Kier alpha value is -3.41. The van der Waals surface area contributed by atoms with Crippen molar-refractivity contribution in [2.45, 2.75) is 39.5 Å². The van der Waals surface area contributed by atoms with Crippen molar-refractivity contribution in [3.05, 3.63) is 70.7 Å². The van der Waals surface area contributed by atoms with E-state index in [0.29, 0.717) is 11.4 Å². The van der Waals surface area contributed by atoms with Gasteiger partial charge in [0, 0.05) is 11.1 Å². The van der Waals surface area contributed by atoms with Crippen LogP contribution in [0.4, 0.5) is 5.88 Å². The molecule has 2 heterocycles. The largest absolute Gasteiger partial charge is 0.338 e. The van der Waals surface area contributed by atoms with Crippen molar-refractivity contribution in [1.29, 1.82) is 0 Å². The number of nitrogens with zero attached hydrogens (tertiary/aromatic N) is 3. The zero-order valence-electron chi connectivity index (χ0n) is 16.5. The van der Waals surface area contributed by atoms with Crippen molar-refractivity contribution in [1.82, 2.24) is 14.7 Å². The molecule has 1 aliphatic rings. The summed E-state index contributed by atoms with van der Waals surface area (Å²) < 4.78 is 7.43. The second-order valence-electron chi connectivity index (χ2n) is 7.71. The van der Waals surface area contributed by atoms with Gasteiger partial charge < -0.3 is 4.52 Å². The Morgan fingerprint density at radius 1 is 1.10 bits per heavy atom. The van der Waals surface area contributed by atoms with Gasteiger partial charge in [-0.3, -0.25) is 14.7 Å². The fourth-order valence-electron chi connectivity index (χ4n) is 4.09. The first-order valence-corrected chi connectivity index (χ1v) is 9.93. The summed E-state index contributed by atoms with van der Waals surface area (Å²) in [6.45, 7) is 4.17. The molecule has 0 unspecified atom stereocenters. The Morgan fingerprint density at radius 2 is 1.97 bits per heavy atom. The summed E-state index contributed by atoms with van der Waals surface area (Å²) in [6.07, 6.45) is 5.83. The van der Waals surface area contributed by atoms with Crippen LogP contribution in [0.5, 0.6) is 0 Å². The lowest BCUT2D eigenvalue weighted by Gasteiger charge is -2.10. The van der Waals surface area contributed by atoms with Gasteiger partial charge in [0.1, 0.15) is 6.33 Å². The molecule has 0 bridgehead atoms. The van der Waals surface area contributed by atoms with E-state index in [9.17, 15) is 4.79 Å². The minimum absolute atomic E-state index is 0.211. The lowest BCUT2D eigenvalue weighted by atomic mass is 9.97. The molecule has 0 saturated heterocycles. The number of aromatic nitrogens is 3. The third kappa shape index (κ3) is 3.10. The van der Waals surface area contributed by atoms with Crippen LogP contribution >= 0.6 is 0 Å². The number of benzene rings is 2. The van der Waals surface area contributed by atoms with Crippen LogP contribution in [0.25, 0.3) is 16.7 Å². The number of imidazole rings is 1. The van der Waals surface area contributed by atoms with Crippen LogP contribution in [0.3, 0.4) is 0 Å². The van der Waals surface area contributed by atoms with Crippen LogP contribution in [-0.4, -0.2) is 20.6 Å². The van der Waals surface area contributed by atoms with E-state index in [0.717, 1.165) is 53.7 Å². The maximum Gasteiger partial charge on any atom is 0.258 e.